The maximum atomic E-state index is 12.9. The third-order valence-electron chi connectivity index (χ3n) is 4.18. The Bertz CT molecular complexity index is 781. The summed E-state index contributed by atoms with van der Waals surface area (Å²) in [5, 5.41) is 10.4. The minimum Gasteiger partial charge on any atom is -0.507 e. The molecule has 5 nitrogen and oxygen atoms in total. The molecule has 5 heteroatoms. The molecule has 1 N–H and O–H groups in total. The largest absolute Gasteiger partial charge is 0.507 e. The molecule has 0 aromatic heterocycles. The molecule has 0 aliphatic rings. The lowest BCUT2D eigenvalue weighted by molar-refractivity contribution is 0.0502. The van der Waals surface area contributed by atoms with E-state index in [2.05, 4.69) is 4.90 Å². The van der Waals surface area contributed by atoms with Crippen molar-refractivity contribution in [1.29, 1.82) is 0 Å². The summed E-state index contributed by atoms with van der Waals surface area (Å²) in [5.41, 5.74) is 1.44. The van der Waals surface area contributed by atoms with Crippen LogP contribution in [0.1, 0.15) is 53.5 Å². The second-order valence-electron chi connectivity index (χ2n) is 5.88. The summed E-state index contributed by atoms with van der Waals surface area (Å²) in [6.45, 7) is 7.85. The number of ketones is 1. The van der Waals surface area contributed by atoms with Gasteiger partial charge in [-0.25, -0.2) is 4.79 Å². The molecule has 26 heavy (non-hydrogen) atoms. The van der Waals surface area contributed by atoms with E-state index >= 15 is 0 Å². The van der Waals surface area contributed by atoms with Gasteiger partial charge in [-0.3, -0.25) is 4.79 Å². The summed E-state index contributed by atoms with van der Waals surface area (Å²) >= 11 is 0. The van der Waals surface area contributed by atoms with Gasteiger partial charge >= 0.3 is 5.97 Å². The Morgan fingerprint density at radius 3 is 2.19 bits per heavy atom. The van der Waals surface area contributed by atoms with Crippen molar-refractivity contribution in [2.75, 3.05) is 24.6 Å². The fourth-order valence-electron chi connectivity index (χ4n) is 2.77. The van der Waals surface area contributed by atoms with Crippen LogP contribution in [0.2, 0.25) is 0 Å². The van der Waals surface area contributed by atoms with Crippen molar-refractivity contribution in [3.63, 3.8) is 0 Å². The number of nitrogens with zero attached hydrogens (tertiary/aromatic N) is 1. The first kappa shape index (κ1) is 19.5. The molecule has 0 fully saturated rings. The normalized spacial score (nSPS) is 10.4. The second-order valence-corrected chi connectivity index (χ2v) is 5.88. The Labute approximate surface area is 154 Å². The topological polar surface area (TPSA) is 66.8 Å². The van der Waals surface area contributed by atoms with E-state index in [4.69, 9.17) is 4.74 Å². The number of ether oxygens (including phenoxy) is 1. The first-order chi connectivity index (χ1) is 12.5. The lowest BCUT2D eigenvalue weighted by atomic mass is 9.97. The molecule has 0 heterocycles. The molecule has 2 aromatic carbocycles. The Kier molecular flexibility index (Phi) is 6.78. The highest BCUT2D eigenvalue weighted by Gasteiger charge is 2.21. The highest BCUT2D eigenvalue weighted by atomic mass is 16.5. The second kappa shape index (κ2) is 9.04. The lowest BCUT2D eigenvalue weighted by Crippen LogP contribution is -2.21. The van der Waals surface area contributed by atoms with Gasteiger partial charge in [-0.15, -0.1) is 0 Å². The number of phenols is 1. The molecule has 0 saturated heterocycles. The smallest absolute Gasteiger partial charge is 0.338 e. The summed E-state index contributed by atoms with van der Waals surface area (Å²) < 4.78 is 5.15. The van der Waals surface area contributed by atoms with Gasteiger partial charge in [0.2, 0.25) is 0 Å². The zero-order valence-electron chi connectivity index (χ0n) is 15.5. The van der Waals surface area contributed by atoms with Crippen molar-refractivity contribution in [3.8, 4) is 5.75 Å². The van der Waals surface area contributed by atoms with Gasteiger partial charge in [0.15, 0.2) is 5.78 Å². The molecule has 0 aliphatic carbocycles. The molecule has 0 amide bonds. The molecule has 0 saturated carbocycles. The average Bonchev–Trinajstić information content (AvgIpc) is 2.66. The zero-order valence-corrected chi connectivity index (χ0v) is 15.5. The number of esters is 1. The van der Waals surface area contributed by atoms with Gasteiger partial charge in [-0.05, 0) is 38.5 Å². The number of aromatic hydroxyl groups is 1. The van der Waals surface area contributed by atoms with Crippen molar-refractivity contribution in [2.45, 2.75) is 27.2 Å². The van der Waals surface area contributed by atoms with Gasteiger partial charge in [-0.1, -0.05) is 25.1 Å². The summed E-state index contributed by atoms with van der Waals surface area (Å²) in [5.74, 6) is -1.04. The number of carbonyl (C=O) groups is 2. The molecular weight excluding hydrogens is 330 g/mol. The Morgan fingerprint density at radius 2 is 1.62 bits per heavy atom. The highest BCUT2D eigenvalue weighted by Crippen LogP contribution is 2.27. The SMILES string of the molecule is CCCOC(=O)c1ccccc1C(=O)c1ccc(N(CC)CC)cc1O. The minimum atomic E-state index is -0.532. The van der Waals surface area contributed by atoms with Crippen molar-refractivity contribution in [2.24, 2.45) is 0 Å². The third kappa shape index (κ3) is 4.23. The molecule has 138 valence electrons. The van der Waals surface area contributed by atoms with Crippen LogP contribution in [0.5, 0.6) is 5.75 Å². The van der Waals surface area contributed by atoms with Crippen LogP contribution in [0.25, 0.3) is 0 Å². The quantitative estimate of drug-likeness (QED) is 0.572. The van der Waals surface area contributed by atoms with E-state index in [1.54, 1.807) is 42.5 Å². The van der Waals surface area contributed by atoms with Crippen LogP contribution in [0, 0.1) is 0 Å². The number of benzene rings is 2. The van der Waals surface area contributed by atoms with Crippen LogP contribution in [-0.2, 0) is 4.74 Å². The van der Waals surface area contributed by atoms with Crippen LogP contribution < -0.4 is 4.90 Å². The van der Waals surface area contributed by atoms with E-state index < -0.39 is 11.8 Å². The molecule has 2 aromatic rings. The predicted molar refractivity (Wildman–Crippen MR) is 102 cm³/mol. The molecular formula is C21H25NO4. The number of hydrogen-bond acceptors (Lipinski definition) is 5. The summed E-state index contributed by atoms with van der Waals surface area (Å²) in [4.78, 5) is 27.2. The summed E-state index contributed by atoms with van der Waals surface area (Å²) in [6, 6.07) is 11.5. The van der Waals surface area contributed by atoms with Gasteiger partial charge < -0.3 is 14.7 Å². The Balaban J connectivity index is 2.37. The maximum absolute atomic E-state index is 12.9. The monoisotopic (exact) mass is 355 g/mol. The van der Waals surface area contributed by atoms with Crippen molar-refractivity contribution in [1.82, 2.24) is 0 Å². The van der Waals surface area contributed by atoms with Gasteiger partial charge in [-0.2, -0.15) is 0 Å². The van der Waals surface area contributed by atoms with E-state index in [1.165, 1.54) is 0 Å². The fraction of sp³-hybridized carbons (Fsp3) is 0.333. The van der Waals surface area contributed by atoms with E-state index in [1.807, 2.05) is 20.8 Å². The van der Waals surface area contributed by atoms with Gasteiger partial charge in [0.1, 0.15) is 5.75 Å². The van der Waals surface area contributed by atoms with Gasteiger partial charge in [0.05, 0.1) is 17.7 Å². The number of phenolic OH excluding ortho intramolecular Hbond substituents is 1. The Hall–Kier alpha value is -2.82. The van der Waals surface area contributed by atoms with Crippen LogP contribution >= 0.6 is 0 Å². The molecule has 0 unspecified atom stereocenters. The molecule has 0 spiro atoms. The fourth-order valence-corrected chi connectivity index (χ4v) is 2.77. The number of carbonyl (C=O) groups excluding carboxylic acids is 2. The van der Waals surface area contributed by atoms with Gasteiger partial charge in [0, 0.05) is 30.4 Å². The van der Waals surface area contributed by atoms with Crippen molar-refractivity contribution < 1.29 is 19.4 Å². The first-order valence-corrected chi connectivity index (χ1v) is 8.92. The molecule has 0 aliphatic heterocycles. The number of anilines is 1. The van der Waals surface area contributed by atoms with E-state index in [9.17, 15) is 14.7 Å². The molecule has 2 rings (SSSR count). The maximum Gasteiger partial charge on any atom is 0.338 e. The van der Waals surface area contributed by atoms with Crippen LogP contribution in [0.4, 0.5) is 5.69 Å². The summed E-state index contributed by atoms with van der Waals surface area (Å²) in [6.07, 6.45) is 0.704. The van der Waals surface area contributed by atoms with E-state index in [-0.39, 0.29) is 22.4 Å². The van der Waals surface area contributed by atoms with Crippen LogP contribution in [0.15, 0.2) is 42.5 Å². The minimum absolute atomic E-state index is 0.101. The van der Waals surface area contributed by atoms with E-state index in [0.717, 1.165) is 18.8 Å². The lowest BCUT2D eigenvalue weighted by Gasteiger charge is -2.21. The number of rotatable bonds is 8. The van der Waals surface area contributed by atoms with Crippen LogP contribution in [-0.4, -0.2) is 36.6 Å². The average molecular weight is 355 g/mol. The van der Waals surface area contributed by atoms with E-state index in [0.29, 0.717) is 13.0 Å². The molecule has 0 radical (unpaired) electrons. The first-order valence-electron chi connectivity index (χ1n) is 8.92. The predicted octanol–water partition coefficient (Wildman–Crippen LogP) is 4.04. The molecule has 0 bridgehead atoms. The third-order valence-corrected chi connectivity index (χ3v) is 4.18. The zero-order chi connectivity index (χ0) is 19.1. The van der Waals surface area contributed by atoms with Crippen molar-refractivity contribution >= 4 is 17.4 Å². The summed E-state index contributed by atoms with van der Waals surface area (Å²) in [7, 11) is 0. The van der Waals surface area contributed by atoms with Gasteiger partial charge in [0.25, 0.3) is 0 Å². The number of hydrogen-bond donors (Lipinski definition) is 1. The standard InChI is InChI=1S/C21H25NO4/c1-4-13-26-21(25)17-10-8-7-9-16(17)20(24)18-12-11-15(14-19(18)23)22(5-2)6-3/h7-12,14,23H,4-6,13H2,1-3H3. The van der Waals surface area contributed by atoms with Crippen LogP contribution in [0.3, 0.4) is 0 Å². The Morgan fingerprint density at radius 1 is 0.962 bits per heavy atom. The van der Waals surface area contributed by atoms with Crippen molar-refractivity contribution in [3.05, 3.63) is 59.2 Å². The highest BCUT2D eigenvalue weighted by molar-refractivity contribution is 6.15. The molecule has 0 atom stereocenters.